The van der Waals surface area contributed by atoms with E-state index in [1.807, 2.05) is 0 Å². The zero-order valence-electron chi connectivity index (χ0n) is 22.1. The Bertz CT molecular complexity index is 1350. The average Bonchev–Trinajstić information content (AvgIpc) is 3.11. The summed E-state index contributed by atoms with van der Waals surface area (Å²) in [6, 6.07) is 7.88. The molecule has 3 rings (SSSR count). The van der Waals surface area contributed by atoms with Gasteiger partial charge in [-0.25, -0.2) is 19.6 Å². The van der Waals surface area contributed by atoms with E-state index in [4.69, 9.17) is 25.9 Å². The Hall–Kier alpha value is -3.19. The summed E-state index contributed by atoms with van der Waals surface area (Å²) in [4.78, 5) is 38.8. The number of ether oxygens (including phenoxy) is 2. The highest BCUT2D eigenvalue weighted by molar-refractivity contribution is 7.99. The fraction of sp³-hybridized carbons (Fsp3) is 0.440. The molecule has 0 unspecified atom stereocenters. The normalized spacial score (nSPS) is 12.4. The van der Waals surface area contributed by atoms with E-state index in [0.717, 1.165) is 22.9 Å². The number of nitrogens with zero attached hydrogens (tertiary/aromatic N) is 4. The van der Waals surface area contributed by atoms with Crippen molar-refractivity contribution >= 4 is 46.6 Å². The molecule has 0 spiro atoms. The van der Waals surface area contributed by atoms with Gasteiger partial charge in [0.25, 0.3) is 0 Å². The van der Waals surface area contributed by atoms with Crippen LogP contribution in [0.2, 0.25) is 5.02 Å². The number of aromatic nitrogens is 3. The van der Waals surface area contributed by atoms with Crippen LogP contribution < -0.4 is 0 Å². The predicted octanol–water partition coefficient (Wildman–Crippen LogP) is 7.36. The second-order valence-corrected chi connectivity index (χ2v) is 11.6. The minimum absolute atomic E-state index is 0.0587. The largest absolute Gasteiger partial charge is 0.534 e. The number of rotatable bonds is 5. The van der Waals surface area contributed by atoms with Crippen LogP contribution in [0.3, 0.4) is 0 Å². The standard InChI is InChI=1S/C25H28ClF3N4O5S/c1-23(2,3)36-21(34)33(38-22(35)37-24(4,5)6)12-11-32-18-10-8-7-9-17(18)31-20(32)39-19-16(26)13-15(14-30-19)25(27,28)29/h7-10,13-14H,11-12H2,1-6H3. The number of carbonyl (C=O) groups is 2. The molecule has 0 atom stereocenters. The van der Waals surface area contributed by atoms with Crippen molar-refractivity contribution in [1.82, 2.24) is 19.6 Å². The first kappa shape index (κ1) is 30.4. The second-order valence-electron chi connectivity index (χ2n) is 10.3. The number of fused-ring (bicyclic) bond motifs is 1. The summed E-state index contributed by atoms with van der Waals surface area (Å²) < 4.78 is 51.4. The van der Waals surface area contributed by atoms with E-state index in [-0.39, 0.29) is 23.1 Å². The lowest BCUT2D eigenvalue weighted by Crippen LogP contribution is -2.41. The van der Waals surface area contributed by atoms with Crippen molar-refractivity contribution in [3.8, 4) is 0 Å². The van der Waals surface area contributed by atoms with Crippen LogP contribution in [-0.4, -0.2) is 49.6 Å². The van der Waals surface area contributed by atoms with E-state index in [0.29, 0.717) is 22.4 Å². The first-order valence-corrected chi connectivity index (χ1v) is 12.9. The predicted molar refractivity (Wildman–Crippen MR) is 138 cm³/mol. The van der Waals surface area contributed by atoms with Crippen LogP contribution >= 0.6 is 23.4 Å². The minimum atomic E-state index is -4.59. The highest BCUT2D eigenvalue weighted by Crippen LogP contribution is 2.37. The maximum absolute atomic E-state index is 13.0. The Labute approximate surface area is 232 Å². The zero-order valence-corrected chi connectivity index (χ0v) is 23.7. The van der Waals surface area contributed by atoms with Gasteiger partial charge in [-0.2, -0.15) is 13.2 Å². The summed E-state index contributed by atoms with van der Waals surface area (Å²) in [5.74, 6) is 0. The first-order chi connectivity index (χ1) is 17.9. The molecule has 0 saturated heterocycles. The highest BCUT2D eigenvalue weighted by atomic mass is 35.5. The fourth-order valence-corrected chi connectivity index (χ4v) is 4.29. The molecule has 0 aliphatic carbocycles. The monoisotopic (exact) mass is 588 g/mol. The molecule has 39 heavy (non-hydrogen) atoms. The Kier molecular flexibility index (Phi) is 8.95. The zero-order chi connectivity index (χ0) is 29.2. The van der Waals surface area contributed by atoms with E-state index in [2.05, 4.69) is 9.97 Å². The lowest BCUT2D eigenvalue weighted by atomic mass is 10.2. The number of alkyl halides is 3. The van der Waals surface area contributed by atoms with Gasteiger partial charge in [-0.3, -0.25) is 0 Å². The molecule has 0 saturated carbocycles. The SMILES string of the molecule is CC(C)(C)OC(=O)ON(CCn1c(Sc2ncc(C(F)(F)F)cc2Cl)nc2ccccc21)C(=O)OC(C)(C)C. The van der Waals surface area contributed by atoms with Crippen LogP contribution in [0.5, 0.6) is 0 Å². The molecule has 2 heterocycles. The molecule has 0 N–H and O–H groups in total. The Morgan fingerprint density at radius 3 is 2.28 bits per heavy atom. The molecular weight excluding hydrogens is 561 g/mol. The lowest BCUT2D eigenvalue weighted by Gasteiger charge is -2.27. The van der Waals surface area contributed by atoms with Crippen molar-refractivity contribution in [3.05, 3.63) is 47.1 Å². The van der Waals surface area contributed by atoms with Gasteiger partial charge in [0.05, 0.1) is 28.2 Å². The fourth-order valence-electron chi connectivity index (χ4n) is 3.13. The smallest absolute Gasteiger partial charge is 0.442 e. The maximum Gasteiger partial charge on any atom is 0.534 e. The summed E-state index contributed by atoms with van der Waals surface area (Å²) in [5.41, 5.74) is -1.48. The number of hydroxylamine groups is 2. The van der Waals surface area contributed by atoms with Crippen LogP contribution in [0, 0.1) is 0 Å². The summed E-state index contributed by atoms with van der Waals surface area (Å²) >= 11 is 7.07. The molecule has 3 aromatic rings. The molecule has 14 heteroatoms. The number of halogens is 4. The van der Waals surface area contributed by atoms with Gasteiger partial charge in [-0.1, -0.05) is 23.7 Å². The number of para-hydroxylation sites is 2. The van der Waals surface area contributed by atoms with Crippen LogP contribution in [-0.2, 0) is 27.0 Å². The molecule has 2 aromatic heterocycles. The van der Waals surface area contributed by atoms with E-state index < -0.39 is 35.2 Å². The molecule has 0 fully saturated rings. The van der Waals surface area contributed by atoms with E-state index in [1.54, 1.807) is 70.4 Å². The Morgan fingerprint density at radius 2 is 1.69 bits per heavy atom. The van der Waals surface area contributed by atoms with Gasteiger partial charge in [-0.15, -0.1) is 5.06 Å². The average molecular weight is 589 g/mol. The van der Waals surface area contributed by atoms with Crippen LogP contribution in [0.4, 0.5) is 22.8 Å². The number of hydrogen-bond acceptors (Lipinski definition) is 8. The lowest BCUT2D eigenvalue weighted by molar-refractivity contribution is -0.137. The number of hydrogen-bond donors (Lipinski definition) is 0. The number of carbonyl (C=O) groups excluding carboxylic acids is 2. The van der Waals surface area contributed by atoms with Gasteiger partial charge in [0.15, 0.2) is 5.16 Å². The van der Waals surface area contributed by atoms with Gasteiger partial charge in [0.1, 0.15) is 16.2 Å². The topological polar surface area (TPSA) is 95.8 Å². The molecule has 1 amide bonds. The first-order valence-electron chi connectivity index (χ1n) is 11.7. The number of imidazole rings is 1. The van der Waals surface area contributed by atoms with Crippen molar-refractivity contribution in [3.63, 3.8) is 0 Å². The van der Waals surface area contributed by atoms with Crippen molar-refractivity contribution < 1.29 is 37.1 Å². The van der Waals surface area contributed by atoms with Crippen molar-refractivity contribution in [1.29, 1.82) is 0 Å². The molecule has 0 aliphatic heterocycles. The number of amides is 1. The quantitative estimate of drug-likeness (QED) is 0.225. The highest BCUT2D eigenvalue weighted by Gasteiger charge is 2.32. The van der Waals surface area contributed by atoms with Crippen molar-refractivity contribution in [2.24, 2.45) is 0 Å². The summed E-state index contributed by atoms with van der Waals surface area (Å²) in [7, 11) is 0. The third-order valence-electron chi connectivity index (χ3n) is 4.64. The molecule has 0 bridgehead atoms. The van der Waals surface area contributed by atoms with Crippen molar-refractivity contribution in [2.75, 3.05) is 6.54 Å². The molecular formula is C25H28ClF3N4O5S. The molecule has 0 radical (unpaired) electrons. The summed E-state index contributed by atoms with van der Waals surface area (Å²) in [6.07, 6.45) is -5.91. The third kappa shape index (κ3) is 8.65. The van der Waals surface area contributed by atoms with Crippen LogP contribution in [0.1, 0.15) is 47.1 Å². The van der Waals surface area contributed by atoms with Crippen LogP contribution in [0.15, 0.2) is 46.7 Å². The second kappa shape index (κ2) is 11.5. The molecule has 212 valence electrons. The number of pyridine rings is 1. The third-order valence-corrected chi connectivity index (χ3v) is 6.05. The van der Waals surface area contributed by atoms with Gasteiger partial charge < -0.3 is 18.9 Å². The Morgan fingerprint density at radius 1 is 1.05 bits per heavy atom. The summed E-state index contributed by atoms with van der Waals surface area (Å²) in [5, 5.41) is 0.991. The molecule has 0 aliphatic rings. The van der Waals surface area contributed by atoms with Gasteiger partial charge >= 0.3 is 18.4 Å². The van der Waals surface area contributed by atoms with Gasteiger partial charge in [0.2, 0.25) is 0 Å². The van der Waals surface area contributed by atoms with E-state index >= 15 is 0 Å². The maximum atomic E-state index is 13.0. The van der Waals surface area contributed by atoms with E-state index in [1.165, 1.54) is 0 Å². The van der Waals surface area contributed by atoms with Gasteiger partial charge in [-0.05, 0) is 71.5 Å². The minimum Gasteiger partial charge on any atom is -0.442 e. The molecule has 9 nitrogen and oxygen atoms in total. The molecule has 1 aromatic carbocycles. The van der Waals surface area contributed by atoms with Gasteiger partial charge in [0, 0.05) is 12.7 Å². The van der Waals surface area contributed by atoms with E-state index in [9.17, 15) is 22.8 Å². The summed E-state index contributed by atoms with van der Waals surface area (Å²) in [6.45, 7) is 9.81. The Balaban J connectivity index is 1.91. The van der Waals surface area contributed by atoms with Crippen molar-refractivity contribution in [2.45, 2.75) is 75.6 Å². The van der Waals surface area contributed by atoms with Crippen LogP contribution in [0.25, 0.3) is 11.0 Å². The number of benzene rings is 1.